The minimum Gasteiger partial charge on any atom is -0.479 e. The van der Waals surface area contributed by atoms with Crippen LogP contribution in [0.1, 0.15) is 61.3 Å². The third-order valence-electron chi connectivity index (χ3n) is 4.72. The van der Waals surface area contributed by atoms with Gasteiger partial charge >= 0.3 is 5.97 Å². The molecule has 1 amide bonds. The Bertz CT molecular complexity index is 893. The van der Waals surface area contributed by atoms with E-state index in [1.807, 2.05) is 38.4 Å². The van der Waals surface area contributed by atoms with E-state index < -0.39 is 12.1 Å². The highest BCUT2D eigenvalue weighted by Crippen LogP contribution is 2.40. The molecule has 1 unspecified atom stereocenters. The second-order valence-corrected chi connectivity index (χ2v) is 8.01. The lowest BCUT2D eigenvalue weighted by Gasteiger charge is -2.20. The van der Waals surface area contributed by atoms with E-state index >= 15 is 0 Å². The summed E-state index contributed by atoms with van der Waals surface area (Å²) < 4.78 is 6.74. The molecule has 1 atom stereocenters. The number of carboxylic acids is 1. The van der Waals surface area contributed by atoms with Crippen LogP contribution in [0, 0.1) is 6.92 Å². The zero-order chi connectivity index (χ0) is 19.9. The van der Waals surface area contributed by atoms with Crippen molar-refractivity contribution < 1.29 is 19.4 Å². The maximum atomic E-state index is 12.9. The van der Waals surface area contributed by atoms with Crippen molar-refractivity contribution >= 4 is 22.9 Å². The molecule has 0 bridgehead atoms. The van der Waals surface area contributed by atoms with Gasteiger partial charge in [0.05, 0.1) is 28.7 Å². The summed E-state index contributed by atoms with van der Waals surface area (Å²) in [6.45, 7) is 7.87. The molecule has 146 valence electrons. The molecule has 3 rings (SSSR count). The molecule has 0 saturated heterocycles. The number of hydrogen-bond donors (Lipinski definition) is 2. The molecule has 8 nitrogen and oxygen atoms in total. The van der Waals surface area contributed by atoms with Gasteiger partial charge in [0, 0.05) is 18.7 Å². The lowest BCUT2D eigenvalue weighted by Crippen LogP contribution is -2.38. The summed E-state index contributed by atoms with van der Waals surface area (Å²) in [7, 11) is 1.30. The van der Waals surface area contributed by atoms with Gasteiger partial charge in [-0.1, -0.05) is 0 Å². The maximum Gasteiger partial charge on any atom is 0.334 e. The second-order valence-electron chi connectivity index (χ2n) is 8.01. The van der Waals surface area contributed by atoms with Crippen LogP contribution >= 0.6 is 0 Å². The lowest BCUT2D eigenvalue weighted by molar-refractivity contribution is -0.148. The highest BCUT2D eigenvalue weighted by Gasteiger charge is 2.30. The molecule has 2 N–H and O–H groups in total. The number of methoxy groups -OCH3 is 1. The summed E-state index contributed by atoms with van der Waals surface area (Å²) in [5.74, 6) is -1.09. The van der Waals surface area contributed by atoms with Crippen molar-refractivity contribution in [2.45, 2.75) is 58.1 Å². The highest BCUT2D eigenvalue weighted by molar-refractivity contribution is 6.06. The van der Waals surface area contributed by atoms with Crippen LogP contribution in [0.2, 0.25) is 0 Å². The van der Waals surface area contributed by atoms with Gasteiger partial charge in [-0.15, -0.1) is 0 Å². The molecule has 0 radical (unpaired) electrons. The number of carbonyl (C=O) groups is 2. The van der Waals surface area contributed by atoms with Crippen LogP contribution in [0.4, 0.5) is 0 Å². The molecule has 1 fully saturated rings. The molecule has 2 aromatic rings. The number of amides is 1. The second kappa shape index (κ2) is 6.92. The molecule has 0 aromatic carbocycles. The van der Waals surface area contributed by atoms with Crippen molar-refractivity contribution in [2.75, 3.05) is 13.7 Å². The largest absolute Gasteiger partial charge is 0.479 e. The zero-order valence-corrected chi connectivity index (χ0v) is 16.4. The summed E-state index contributed by atoms with van der Waals surface area (Å²) in [6, 6.07) is 1.82. The minimum absolute atomic E-state index is 0.111. The van der Waals surface area contributed by atoms with E-state index in [2.05, 4.69) is 10.4 Å². The predicted molar refractivity (Wildman–Crippen MR) is 100 cm³/mol. The Morgan fingerprint density at radius 1 is 1.41 bits per heavy atom. The van der Waals surface area contributed by atoms with Gasteiger partial charge in [-0.2, -0.15) is 5.10 Å². The van der Waals surface area contributed by atoms with E-state index in [1.165, 1.54) is 7.11 Å². The fourth-order valence-corrected chi connectivity index (χ4v) is 3.10. The SMILES string of the molecule is COC(CNC(=O)c1cc(C2CC2)nc2c1c(C)nn2C(C)(C)C)C(=O)O. The van der Waals surface area contributed by atoms with E-state index in [0.717, 1.165) is 24.2 Å². The number of aliphatic carboxylic acids is 1. The van der Waals surface area contributed by atoms with E-state index in [0.29, 0.717) is 22.5 Å². The van der Waals surface area contributed by atoms with Crippen LogP contribution in [0.15, 0.2) is 6.07 Å². The quantitative estimate of drug-likeness (QED) is 0.803. The Balaban J connectivity index is 2.04. The summed E-state index contributed by atoms with van der Waals surface area (Å²) in [5, 5.41) is 17.1. The number of aromatic nitrogens is 3. The summed E-state index contributed by atoms with van der Waals surface area (Å²) in [4.78, 5) is 28.8. The average molecular weight is 374 g/mol. The summed E-state index contributed by atoms with van der Waals surface area (Å²) >= 11 is 0. The molecular formula is C19H26N4O4. The average Bonchev–Trinajstić information content (AvgIpc) is 3.37. The van der Waals surface area contributed by atoms with Crippen LogP contribution in [0.5, 0.6) is 0 Å². The number of hydrogen-bond acceptors (Lipinski definition) is 5. The van der Waals surface area contributed by atoms with Gasteiger partial charge in [0.2, 0.25) is 0 Å². The number of carbonyl (C=O) groups excluding carboxylic acids is 1. The summed E-state index contributed by atoms with van der Waals surface area (Å²) in [5.41, 5.74) is 2.51. The molecule has 1 aliphatic carbocycles. The molecule has 0 aliphatic heterocycles. The Morgan fingerprint density at radius 2 is 2.07 bits per heavy atom. The van der Waals surface area contributed by atoms with Crippen molar-refractivity contribution in [1.82, 2.24) is 20.1 Å². The van der Waals surface area contributed by atoms with Gasteiger partial charge in [-0.25, -0.2) is 14.5 Å². The smallest absolute Gasteiger partial charge is 0.334 e. The van der Waals surface area contributed by atoms with Gasteiger partial charge in [-0.3, -0.25) is 4.79 Å². The normalized spacial score (nSPS) is 15.7. The van der Waals surface area contributed by atoms with Gasteiger partial charge in [0.1, 0.15) is 0 Å². The third kappa shape index (κ3) is 3.80. The lowest BCUT2D eigenvalue weighted by atomic mass is 10.1. The van der Waals surface area contributed by atoms with E-state index in [9.17, 15) is 9.59 Å². The Morgan fingerprint density at radius 3 is 2.59 bits per heavy atom. The molecule has 8 heteroatoms. The molecular weight excluding hydrogens is 348 g/mol. The van der Waals surface area contributed by atoms with Crippen molar-refractivity contribution in [3.63, 3.8) is 0 Å². The molecule has 2 heterocycles. The van der Waals surface area contributed by atoms with E-state index in [1.54, 1.807) is 0 Å². The number of nitrogens with zero attached hydrogens (tertiary/aromatic N) is 3. The fraction of sp³-hybridized carbons (Fsp3) is 0.579. The number of aryl methyl sites for hydroxylation is 1. The van der Waals surface area contributed by atoms with Crippen molar-refractivity contribution in [3.05, 3.63) is 23.0 Å². The van der Waals surface area contributed by atoms with Crippen molar-refractivity contribution in [1.29, 1.82) is 0 Å². The first-order valence-electron chi connectivity index (χ1n) is 9.08. The van der Waals surface area contributed by atoms with Crippen molar-refractivity contribution in [2.24, 2.45) is 0 Å². The molecule has 2 aromatic heterocycles. The van der Waals surface area contributed by atoms with E-state index in [4.69, 9.17) is 14.8 Å². The fourth-order valence-electron chi connectivity index (χ4n) is 3.10. The number of ether oxygens (including phenoxy) is 1. The Hall–Kier alpha value is -2.48. The number of rotatable bonds is 6. The van der Waals surface area contributed by atoms with Crippen LogP contribution in [-0.4, -0.2) is 51.5 Å². The van der Waals surface area contributed by atoms with Gasteiger partial charge in [-0.05, 0) is 46.6 Å². The van der Waals surface area contributed by atoms with Crippen LogP contribution < -0.4 is 5.32 Å². The van der Waals surface area contributed by atoms with Gasteiger partial charge < -0.3 is 15.2 Å². The topological polar surface area (TPSA) is 106 Å². The number of pyridine rings is 1. The molecule has 1 aliphatic rings. The van der Waals surface area contributed by atoms with Crippen LogP contribution in [0.25, 0.3) is 11.0 Å². The van der Waals surface area contributed by atoms with Crippen LogP contribution in [0.3, 0.4) is 0 Å². The van der Waals surface area contributed by atoms with Gasteiger partial charge in [0.25, 0.3) is 5.91 Å². The molecule has 1 saturated carbocycles. The number of nitrogens with one attached hydrogen (secondary N) is 1. The van der Waals surface area contributed by atoms with E-state index in [-0.39, 0.29) is 18.0 Å². The zero-order valence-electron chi connectivity index (χ0n) is 16.4. The highest BCUT2D eigenvalue weighted by atomic mass is 16.5. The standard InChI is InChI=1S/C19H26N4O4/c1-10-15-12(17(24)20-9-14(27-5)18(25)26)8-13(11-6-7-11)21-16(15)23(22-10)19(2,3)4/h8,11,14H,6-7,9H2,1-5H3,(H,20,24)(H,25,26). The van der Waals surface area contributed by atoms with Gasteiger partial charge in [0.15, 0.2) is 11.8 Å². The number of fused-ring (bicyclic) bond motifs is 1. The first kappa shape index (κ1) is 19.3. The summed E-state index contributed by atoms with van der Waals surface area (Å²) in [6.07, 6.45) is 1.03. The minimum atomic E-state index is -1.12. The Labute approximate surface area is 157 Å². The number of carboxylic acid groups (broad SMARTS) is 1. The first-order chi connectivity index (χ1) is 12.6. The van der Waals surface area contributed by atoms with Crippen LogP contribution in [-0.2, 0) is 15.1 Å². The molecule has 0 spiro atoms. The third-order valence-corrected chi connectivity index (χ3v) is 4.72. The monoisotopic (exact) mass is 374 g/mol. The van der Waals surface area contributed by atoms with Crippen molar-refractivity contribution in [3.8, 4) is 0 Å². The Kier molecular flexibility index (Phi) is 4.94. The molecule has 27 heavy (non-hydrogen) atoms. The predicted octanol–water partition coefficient (Wildman–Crippen LogP) is 2.20. The maximum absolute atomic E-state index is 12.9. The first-order valence-corrected chi connectivity index (χ1v) is 9.08.